The van der Waals surface area contributed by atoms with Gasteiger partial charge in [-0.15, -0.1) is 0 Å². The van der Waals surface area contributed by atoms with Crippen LogP contribution in [0.4, 0.5) is 11.8 Å². The minimum Gasteiger partial charge on any atom is -0.343 e. The highest BCUT2D eigenvalue weighted by Gasteiger charge is 2.26. The van der Waals surface area contributed by atoms with E-state index in [1.54, 1.807) is 25.2 Å². The van der Waals surface area contributed by atoms with Crippen LogP contribution in [0.1, 0.15) is 54.7 Å². The summed E-state index contributed by atoms with van der Waals surface area (Å²) in [5.41, 5.74) is 2.68. The summed E-state index contributed by atoms with van der Waals surface area (Å²) in [7, 11) is 3.57. The normalized spacial score (nSPS) is 19.6. The van der Waals surface area contributed by atoms with Crippen LogP contribution in [0.3, 0.4) is 0 Å². The largest absolute Gasteiger partial charge is 0.343 e. The van der Waals surface area contributed by atoms with Crippen molar-refractivity contribution in [3.05, 3.63) is 41.9 Å². The lowest BCUT2D eigenvalue weighted by atomic mass is 10.2. The van der Waals surface area contributed by atoms with Gasteiger partial charge < -0.3 is 20.1 Å². The van der Waals surface area contributed by atoms with Gasteiger partial charge in [-0.3, -0.25) is 9.69 Å². The fourth-order valence-corrected chi connectivity index (χ4v) is 5.11. The number of nitrogens with one attached hydrogen (secondary N) is 2. The van der Waals surface area contributed by atoms with Gasteiger partial charge in [0.1, 0.15) is 17.2 Å². The zero-order valence-electron chi connectivity index (χ0n) is 20.3. The lowest BCUT2D eigenvalue weighted by Gasteiger charge is -2.31. The van der Waals surface area contributed by atoms with E-state index in [1.807, 2.05) is 18.3 Å². The third-order valence-electron chi connectivity index (χ3n) is 6.81. The Morgan fingerprint density at radius 2 is 2.03 bits per heavy atom. The minimum absolute atomic E-state index is 0.00412. The molecule has 180 valence electrons. The van der Waals surface area contributed by atoms with Crippen LogP contribution in [0, 0.1) is 0 Å². The van der Waals surface area contributed by atoms with Crippen LogP contribution in [-0.2, 0) is 6.54 Å². The van der Waals surface area contributed by atoms with Gasteiger partial charge in [-0.05, 0) is 37.5 Å². The van der Waals surface area contributed by atoms with Crippen molar-refractivity contribution in [1.29, 1.82) is 0 Å². The summed E-state index contributed by atoms with van der Waals surface area (Å²) in [6.45, 7) is 6.25. The second-order valence-electron chi connectivity index (χ2n) is 9.78. The number of amides is 1. The lowest BCUT2D eigenvalue weighted by molar-refractivity contribution is 0.0815. The molecule has 1 saturated heterocycles. The number of carbonyl (C=O) groups excluding carboxylic acids is 1. The second kappa shape index (κ2) is 9.68. The fraction of sp³-hybridized carbons (Fsp3) is 0.520. The van der Waals surface area contributed by atoms with E-state index in [1.165, 1.54) is 18.4 Å². The van der Waals surface area contributed by atoms with E-state index in [9.17, 15) is 4.79 Å². The molecule has 4 heterocycles. The summed E-state index contributed by atoms with van der Waals surface area (Å²) in [4.78, 5) is 30.9. The first kappa shape index (κ1) is 22.7. The first-order chi connectivity index (χ1) is 16.5. The molecule has 3 aromatic rings. The molecule has 34 heavy (non-hydrogen) atoms. The molecule has 1 saturated carbocycles. The smallest absolute Gasteiger partial charge is 0.270 e. The number of hydrogen-bond acceptors (Lipinski definition) is 7. The quantitative estimate of drug-likeness (QED) is 0.581. The molecule has 2 N–H and O–H groups in total. The SMILES string of the molecule is C[C@H]1CN(Cc2ccc(Nc3ncc4cc(C(=O)N(C)C)n(C5CCCC5)c4n3)nc2)CCN1. The standard InChI is InChI=1S/C25H34N8O/c1-17-15-32(11-10-26-17)16-18-8-9-22(27-13-18)29-25-28-14-19-12-21(24(34)31(2)3)33(23(19)30-25)20-6-4-5-7-20/h8-9,12-14,17,20,26H,4-7,10-11,15-16H2,1-3H3,(H,27,28,29,30)/t17-/m0/s1. The highest BCUT2D eigenvalue weighted by atomic mass is 16.2. The Morgan fingerprint density at radius 1 is 1.21 bits per heavy atom. The summed E-state index contributed by atoms with van der Waals surface area (Å²) in [5, 5.41) is 7.61. The van der Waals surface area contributed by atoms with Crippen LogP contribution < -0.4 is 10.6 Å². The zero-order valence-corrected chi connectivity index (χ0v) is 20.3. The van der Waals surface area contributed by atoms with Gasteiger partial charge in [0.2, 0.25) is 5.95 Å². The third-order valence-corrected chi connectivity index (χ3v) is 6.81. The average molecular weight is 463 g/mol. The Morgan fingerprint density at radius 3 is 2.74 bits per heavy atom. The van der Waals surface area contributed by atoms with Crippen molar-refractivity contribution in [2.45, 2.75) is 51.2 Å². The number of rotatable bonds is 6. The molecule has 0 unspecified atom stereocenters. The maximum Gasteiger partial charge on any atom is 0.270 e. The lowest BCUT2D eigenvalue weighted by Crippen LogP contribution is -2.48. The van der Waals surface area contributed by atoms with E-state index in [0.717, 1.165) is 50.1 Å². The highest BCUT2D eigenvalue weighted by molar-refractivity contribution is 5.97. The molecule has 0 aromatic carbocycles. The van der Waals surface area contributed by atoms with Crippen molar-refractivity contribution in [1.82, 2.24) is 34.6 Å². The van der Waals surface area contributed by atoms with Crippen molar-refractivity contribution in [2.75, 3.05) is 39.0 Å². The summed E-state index contributed by atoms with van der Waals surface area (Å²) in [6, 6.07) is 6.82. The number of carbonyl (C=O) groups is 1. The van der Waals surface area contributed by atoms with Gasteiger partial charge in [-0.1, -0.05) is 18.9 Å². The van der Waals surface area contributed by atoms with Crippen LogP contribution in [0.2, 0.25) is 0 Å². The van der Waals surface area contributed by atoms with Crippen LogP contribution >= 0.6 is 0 Å². The fourth-order valence-electron chi connectivity index (χ4n) is 5.11. The van der Waals surface area contributed by atoms with Crippen molar-refractivity contribution >= 4 is 28.7 Å². The predicted molar refractivity (Wildman–Crippen MR) is 133 cm³/mol. The van der Waals surface area contributed by atoms with E-state index < -0.39 is 0 Å². The number of hydrogen-bond donors (Lipinski definition) is 2. The zero-order chi connectivity index (χ0) is 23.7. The molecule has 1 aliphatic heterocycles. The molecule has 0 spiro atoms. The van der Waals surface area contributed by atoms with Crippen LogP contribution in [0.5, 0.6) is 0 Å². The van der Waals surface area contributed by atoms with E-state index in [4.69, 9.17) is 4.98 Å². The van der Waals surface area contributed by atoms with Crippen LogP contribution in [0.25, 0.3) is 11.0 Å². The third kappa shape index (κ3) is 4.76. The average Bonchev–Trinajstić information content (AvgIpc) is 3.47. The maximum absolute atomic E-state index is 12.9. The van der Waals surface area contributed by atoms with Gasteiger partial charge in [-0.2, -0.15) is 4.98 Å². The molecule has 0 radical (unpaired) electrons. The molecule has 5 rings (SSSR count). The van der Waals surface area contributed by atoms with E-state index in [0.29, 0.717) is 29.5 Å². The van der Waals surface area contributed by atoms with E-state index in [2.05, 4.69) is 43.1 Å². The number of piperazine rings is 1. The highest BCUT2D eigenvalue weighted by Crippen LogP contribution is 2.34. The van der Waals surface area contributed by atoms with Gasteiger partial charge in [-0.25, -0.2) is 9.97 Å². The van der Waals surface area contributed by atoms with Crippen molar-refractivity contribution in [3.63, 3.8) is 0 Å². The van der Waals surface area contributed by atoms with Gasteiger partial charge >= 0.3 is 0 Å². The topological polar surface area (TPSA) is 91.2 Å². The predicted octanol–water partition coefficient (Wildman–Crippen LogP) is 3.18. The molecule has 2 aliphatic rings. The Bertz CT molecular complexity index is 1150. The van der Waals surface area contributed by atoms with Crippen LogP contribution in [0.15, 0.2) is 30.6 Å². The molecule has 9 nitrogen and oxygen atoms in total. The second-order valence-corrected chi connectivity index (χ2v) is 9.78. The first-order valence-corrected chi connectivity index (χ1v) is 12.3. The van der Waals surface area contributed by atoms with Crippen molar-refractivity contribution < 1.29 is 4.79 Å². The molecular formula is C25H34N8O. The molecule has 1 atom stereocenters. The van der Waals surface area contributed by atoms with Gasteiger partial charge in [0.25, 0.3) is 5.91 Å². The van der Waals surface area contributed by atoms with Crippen molar-refractivity contribution in [3.8, 4) is 0 Å². The number of fused-ring (bicyclic) bond motifs is 1. The van der Waals surface area contributed by atoms with Gasteiger partial charge in [0.15, 0.2) is 0 Å². The van der Waals surface area contributed by atoms with Gasteiger partial charge in [0.05, 0.1) is 0 Å². The molecule has 1 amide bonds. The Kier molecular flexibility index (Phi) is 6.47. The first-order valence-electron chi connectivity index (χ1n) is 12.3. The van der Waals surface area contributed by atoms with Gasteiger partial charge in [0, 0.05) is 70.1 Å². The van der Waals surface area contributed by atoms with Crippen LogP contribution in [-0.4, -0.2) is 75.0 Å². The molecule has 2 fully saturated rings. The molecule has 0 bridgehead atoms. The maximum atomic E-state index is 12.9. The number of anilines is 2. The minimum atomic E-state index is -0.00412. The number of nitrogens with zero attached hydrogens (tertiary/aromatic N) is 6. The molecule has 9 heteroatoms. The summed E-state index contributed by atoms with van der Waals surface area (Å²) < 4.78 is 2.13. The number of pyridine rings is 1. The Labute approximate surface area is 200 Å². The van der Waals surface area contributed by atoms with Crippen molar-refractivity contribution in [2.24, 2.45) is 0 Å². The Hall–Kier alpha value is -3.04. The molecule has 1 aliphatic carbocycles. The molecular weight excluding hydrogens is 428 g/mol. The Balaban J connectivity index is 1.37. The summed E-state index contributed by atoms with van der Waals surface area (Å²) in [5.74, 6) is 1.20. The summed E-state index contributed by atoms with van der Waals surface area (Å²) >= 11 is 0. The van der Waals surface area contributed by atoms with E-state index >= 15 is 0 Å². The van der Waals surface area contributed by atoms with E-state index in [-0.39, 0.29) is 5.91 Å². The summed E-state index contributed by atoms with van der Waals surface area (Å²) in [6.07, 6.45) is 8.21. The molecule has 3 aromatic heterocycles. The number of aromatic nitrogens is 4. The monoisotopic (exact) mass is 462 g/mol.